The van der Waals surface area contributed by atoms with E-state index in [4.69, 9.17) is 5.73 Å². The molecule has 1 atom stereocenters. The van der Waals surface area contributed by atoms with E-state index in [0.717, 1.165) is 19.4 Å². The molecule has 0 bridgehead atoms. The van der Waals surface area contributed by atoms with Crippen molar-refractivity contribution in [3.63, 3.8) is 0 Å². The van der Waals surface area contributed by atoms with Crippen molar-refractivity contribution in [1.82, 2.24) is 9.78 Å². The lowest BCUT2D eigenvalue weighted by Gasteiger charge is -2.19. The zero-order valence-corrected chi connectivity index (χ0v) is 8.28. The minimum Gasteiger partial charge on any atom is -0.327 e. The summed E-state index contributed by atoms with van der Waals surface area (Å²) in [6.45, 7) is 0.986. The Hall–Kier alpha value is -0.100. The summed E-state index contributed by atoms with van der Waals surface area (Å²) in [6, 6.07) is 0.340. The van der Waals surface area contributed by atoms with Gasteiger partial charge in [0.1, 0.15) is 0 Å². The summed E-state index contributed by atoms with van der Waals surface area (Å²) in [5.74, 6) is 0. The Morgan fingerprint density at radius 1 is 1.73 bits per heavy atom. The predicted molar refractivity (Wildman–Crippen MR) is 51.2 cm³/mol. The van der Waals surface area contributed by atoms with Crippen LogP contribution in [0, 0.1) is 3.57 Å². The van der Waals surface area contributed by atoms with E-state index in [-0.39, 0.29) is 0 Å². The number of hydrogen-bond acceptors (Lipinski definition) is 2. The smallest absolute Gasteiger partial charge is 0.0626 e. The number of hydrogen-bond donors (Lipinski definition) is 1. The molecule has 1 aromatic rings. The van der Waals surface area contributed by atoms with Crippen LogP contribution in [-0.2, 0) is 13.0 Å². The molecule has 0 saturated carbocycles. The first-order valence-electron chi connectivity index (χ1n) is 3.73. The average Bonchev–Trinajstić information content (AvgIpc) is 2.33. The van der Waals surface area contributed by atoms with Crippen LogP contribution in [0.15, 0.2) is 6.20 Å². The van der Waals surface area contributed by atoms with Gasteiger partial charge >= 0.3 is 0 Å². The number of nitrogens with two attached hydrogens (primary N) is 1. The van der Waals surface area contributed by atoms with Crippen molar-refractivity contribution >= 4 is 22.6 Å². The minimum atomic E-state index is 0.340. The molecule has 0 saturated heterocycles. The van der Waals surface area contributed by atoms with Crippen molar-refractivity contribution in [3.05, 3.63) is 15.5 Å². The highest BCUT2D eigenvalue weighted by atomic mass is 127. The van der Waals surface area contributed by atoms with Gasteiger partial charge in [0.2, 0.25) is 0 Å². The summed E-state index contributed by atoms with van der Waals surface area (Å²) in [4.78, 5) is 0. The molecule has 0 aliphatic carbocycles. The molecule has 0 amide bonds. The lowest BCUT2D eigenvalue weighted by molar-refractivity contribution is 0.438. The van der Waals surface area contributed by atoms with Gasteiger partial charge in [-0.15, -0.1) is 0 Å². The lowest BCUT2D eigenvalue weighted by atomic mass is 10.1. The van der Waals surface area contributed by atoms with Crippen LogP contribution in [0.25, 0.3) is 0 Å². The third-order valence-electron chi connectivity index (χ3n) is 2.06. The van der Waals surface area contributed by atoms with Crippen LogP contribution in [0.4, 0.5) is 0 Å². The van der Waals surface area contributed by atoms with Gasteiger partial charge in [-0.05, 0) is 29.0 Å². The number of nitrogens with zero attached hydrogens (tertiary/aromatic N) is 2. The summed E-state index contributed by atoms with van der Waals surface area (Å²) in [7, 11) is 0. The standard InChI is InChI=1S/C7H10IN3/c8-6-4-10-11-2-1-5(9)3-7(6)11/h4-5H,1-3,9H2. The minimum absolute atomic E-state index is 0.340. The molecule has 4 heteroatoms. The van der Waals surface area contributed by atoms with E-state index >= 15 is 0 Å². The molecule has 1 aliphatic rings. The molecule has 1 aliphatic heterocycles. The second-order valence-electron chi connectivity index (χ2n) is 2.92. The highest BCUT2D eigenvalue weighted by Crippen LogP contribution is 2.18. The second kappa shape index (κ2) is 2.75. The Morgan fingerprint density at radius 2 is 2.55 bits per heavy atom. The second-order valence-corrected chi connectivity index (χ2v) is 4.08. The summed E-state index contributed by atoms with van der Waals surface area (Å²) in [5, 5.41) is 4.24. The molecule has 3 nitrogen and oxygen atoms in total. The van der Waals surface area contributed by atoms with E-state index in [1.54, 1.807) is 0 Å². The fraction of sp³-hybridized carbons (Fsp3) is 0.571. The van der Waals surface area contributed by atoms with E-state index in [2.05, 4.69) is 32.4 Å². The molecule has 0 aromatic carbocycles. The van der Waals surface area contributed by atoms with Crippen molar-refractivity contribution in [1.29, 1.82) is 0 Å². The highest BCUT2D eigenvalue weighted by molar-refractivity contribution is 14.1. The SMILES string of the molecule is NC1CCn2ncc(I)c2C1. The molecule has 1 unspecified atom stereocenters. The van der Waals surface area contributed by atoms with Crippen molar-refractivity contribution in [2.24, 2.45) is 5.73 Å². The van der Waals surface area contributed by atoms with Gasteiger partial charge < -0.3 is 5.73 Å². The monoisotopic (exact) mass is 263 g/mol. The molecular formula is C7H10IN3. The fourth-order valence-corrected chi connectivity index (χ4v) is 2.05. The first-order valence-corrected chi connectivity index (χ1v) is 4.81. The van der Waals surface area contributed by atoms with Gasteiger partial charge in [0, 0.05) is 19.0 Å². The molecule has 2 rings (SSSR count). The lowest BCUT2D eigenvalue weighted by Crippen LogP contribution is -2.31. The molecular weight excluding hydrogens is 253 g/mol. The number of aromatic nitrogens is 2. The van der Waals surface area contributed by atoms with E-state index < -0.39 is 0 Å². The van der Waals surface area contributed by atoms with Gasteiger partial charge in [-0.3, -0.25) is 4.68 Å². The van der Waals surface area contributed by atoms with Gasteiger partial charge in [0.05, 0.1) is 15.5 Å². The van der Waals surface area contributed by atoms with E-state index in [0.29, 0.717) is 6.04 Å². The van der Waals surface area contributed by atoms with E-state index in [1.165, 1.54) is 9.26 Å². The maximum absolute atomic E-state index is 5.83. The highest BCUT2D eigenvalue weighted by Gasteiger charge is 2.17. The predicted octanol–water partition coefficient (Wildman–Crippen LogP) is 0.761. The van der Waals surface area contributed by atoms with Crippen molar-refractivity contribution in [2.45, 2.75) is 25.4 Å². The van der Waals surface area contributed by atoms with Crippen molar-refractivity contribution in [2.75, 3.05) is 0 Å². The molecule has 0 radical (unpaired) electrons. The molecule has 60 valence electrons. The Morgan fingerprint density at radius 3 is 3.36 bits per heavy atom. The normalized spacial score (nSPS) is 23.3. The van der Waals surface area contributed by atoms with E-state index in [1.807, 2.05) is 6.20 Å². The molecule has 11 heavy (non-hydrogen) atoms. The maximum atomic E-state index is 5.83. The maximum Gasteiger partial charge on any atom is 0.0626 e. The largest absolute Gasteiger partial charge is 0.327 e. The third-order valence-corrected chi connectivity index (χ3v) is 2.97. The number of rotatable bonds is 0. The summed E-state index contributed by atoms with van der Waals surface area (Å²) in [6.07, 6.45) is 3.96. The number of halogens is 1. The Bertz CT molecular complexity index is 269. The Kier molecular flexibility index (Phi) is 1.88. The topological polar surface area (TPSA) is 43.8 Å². The van der Waals surface area contributed by atoms with Gasteiger partial charge in [-0.2, -0.15) is 5.10 Å². The first kappa shape index (κ1) is 7.54. The molecule has 2 N–H and O–H groups in total. The number of fused-ring (bicyclic) bond motifs is 1. The van der Waals surface area contributed by atoms with Gasteiger partial charge in [-0.25, -0.2) is 0 Å². The molecule has 0 fully saturated rings. The summed E-state index contributed by atoms with van der Waals surface area (Å²) < 4.78 is 3.31. The fourth-order valence-electron chi connectivity index (χ4n) is 1.42. The van der Waals surface area contributed by atoms with Crippen LogP contribution in [-0.4, -0.2) is 15.8 Å². The van der Waals surface area contributed by atoms with Crippen molar-refractivity contribution in [3.8, 4) is 0 Å². The van der Waals surface area contributed by atoms with Crippen LogP contribution in [0.1, 0.15) is 12.1 Å². The molecule has 0 spiro atoms. The summed E-state index contributed by atoms with van der Waals surface area (Å²) >= 11 is 2.31. The van der Waals surface area contributed by atoms with Gasteiger partial charge in [-0.1, -0.05) is 0 Å². The van der Waals surface area contributed by atoms with Crippen LogP contribution in [0.2, 0.25) is 0 Å². The molecule has 2 heterocycles. The Balaban J connectivity index is 2.37. The van der Waals surface area contributed by atoms with Crippen LogP contribution < -0.4 is 5.73 Å². The number of aryl methyl sites for hydroxylation is 1. The van der Waals surface area contributed by atoms with E-state index in [9.17, 15) is 0 Å². The molecule has 1 aromatic heterocycles. The average molecular weight is 263 g/mol. The van der Waals surface area contributed by atoms with Crippen LogP contribution >= 0.6 is 22.6 Å². The first-order chi connectivity index (χ1) is 5.27. The van der Waals surface area contributed by atoms with Gasteiger partial charge in [0.15, 0.2) is 0 Å². The zero-order valence-electron chi connectivity index (χ0n) is 6.13. The quantitative estimate of drug-likeness (QED) is 0.702. The Labute approximate surface area is 79.1 Å². The third kappa shape index (κ3) is 1.29. The van der Waals surface area contributed by atoms with Crippen LogP contribution in [0.3, 0.4) is 0 Å². The summed E-state index contributed by atoms with van der Waals surface area (Å²) in [5.41, 5.74) is 7.14. The van der Waals surface area contributed by atoms with Crippen LogP contribution in [0.5, 0.6) is 0 Å². The zero-order chi connectivity index (χ0) is 7.84. The van der Waals surface area contributed by atoms with Crippen molar-refractivity contribution < 1.29 is 0 Å². The van der Waals surface area contributed by atoms with Gasteiger partial charge in [0.25, 0.3) is 0 Å².